The third kappa shape index (κ3) is 5.14. The molecule has 1 saturated heterocycles. The summed E-state index contributed by atoms with van der Waals surface area (Å²) in [5.74, 6) is 0.759. The van der Waals surface area contributed by atoms with Gasteiger partial charge in [0.25, 0.3) is 0 Å². The van der Waals surface area contributed by atoms with Gasteiger partial charge < -0.3 is 10.6 Å². The molecule has 0 saturated carbocycles. The van der Waals surface area contributed by atoms with Gasteiger partial charge in [0, 0.05) is 6.07 Å². The van der Waals surface area contributed by atoms with Gasteiger partial charge in [-0.15, -0.1) is 0 Å². The lowest BCUT2D eigenvalue weighted by molar-refractivity contribution is -0.117. The lowest BCUT2D eigenvalue weighted by Gasteiger charge is -2.31. The summed E-state index contributed by atoms with van der Waals surface area (Å²) in [6, 6.07) is 8.17. The Balaban J connectivity index is 1.59. The Kier molecular flexibility index (Phi) is 6.58. The molecule has 1 aromatic heterocycles. The number of para-hydroxylation sites is 1. The first kappa shape index (κ1) is 19.5. The molecule has 1 aliphatic heterocycles. The molecule has 0 unspecified atom stereocenters. The number of aryl methyl sites for hydroxylation is 1. The molecular formula is C20H28FN5O. The quantitative estimate of drug-likeness (QED) is 0.783. The van der Waals surface area contributed by atoms with Crippen LogP contribution in [-0.4, -0.2) is 53.8 Å². The molecule has 0 radical (unpaired) electrons. The molecule has 0 atom stereocenters. The predicted octanol–water partition coefficient (Wildman–Crippen LogP) is 2.58. The van der Waals surface area contributed by atoms with E-state index in [1.807, 2.05) is 14.0 Å². The van der Waals surface area contributed by atoms with Crippen molar-refractivity contribution >= 4 is 11.7 Å². The van der Waals surface area contributed by atoms with E-state index in [-0.39, 0.29) is 11.7 Å². The average Bonchev–Trinajstić information content (AvgIpc) is 3.01. The second kappa shape index (κ2) is 9.10. The van der Waals surface area contributed by atoms with Crippen molar-refractivity contribution in [2.24, 2.45) is 5.92 Å². The minimum atomic E-state index is -0.375. The van der Waals surface area contributed by atoms with Crippen molar-refractivity contribution in [3.8, 4) is 5.69 Å². The topological polar surface area (TPSA) is 62.2 Å². The number of likely N-dealkylation sites (tertiary alicyclic amines) is 1. The van der Waals surface area contributed by atoms with E-state index in [0.29, 0.717) is 18.1 Å². The minimum absolute atomic E-state index is 0.0961. The minimum Gasteiger partial charge on any atom is -0.320 e. The Hall–Kier alpha value is -2.25. The second-order valence-corrected chi connectivity index (χ2v) is 7.19. The predicted molar refractivity (Wildman–Crippen MR) is 105 cm³/mol. The molecule has 146 valence electrons. The number of amides is 1. The Bertz CT molecular complexity index is 767. The van der Waals surface area contributed by atoms with Crippen molar-refractivity contribution in [1.29, 1.82) is 0 Å². The summed E-state index contributed by atoms with van der Waals surface area (Å²) in [6.07, 6.45) is 3.44. The van der Waals surface area contributed by atoms with Crippen LogP contribution in [0, 0.1) is 18.7 Å². The van der Waals surface area contributed by atoms with Gasteiger partial charge in [-0.05, 0) is 70.9 Å². The molecule has 3 rings (SSSR count). The summed E-state index contributed by atoms with van der Waals surface area (Å²) in [5.41, 5.74) is 1.05. The Labute approximate surface area is 159 Å². The van der Waals surface area contributed by atoms with Crippen LogP contribution >= 0.6 is 0 Å². The molecule has 6 nitrogen and oxygen atoms in total. The molecule has 2 aromatic rings. The Morgan fingerprint density at radius 2 is 2.04 bits per heavy atom. The number of hydrogen-bond donors (Lipinski definition) is 2. The molecule has 1 fully saturated rings. The number of halogens is 1. The van der Waals surface area contributed by atoms with Crippen molar-refractivity contribution in [2.75, 3.05) is 38.5 Å². The van der Waals surface area contributed by atoms with Gasteiger partial charge in [-0.1, -0.05) is 12.1 Å². The number of rotatable bonds is 7. The van der Waals surface area contributed by atoms with Crippen LogP contribution in [0.2, 0.25) is 0 Å². The van der Waals surface area contributed by atoms with E-state index in [9.17, 15) is 9.18 Å². The smallest absolute Gasteiger partial charge is 0.239 e. The van der Waals surface area contributed by atoms with Crippen LogP contribution in [0.1, 0.15) is 25.0 Å². The van der Waals surface area contributed by atoms with Crippen molar-refractivity contribution in [2.45, 2.75) is 26.2 Å². The van der Waals surface area contributed by atoms with E-state index >= 15 is 0 Å². The van der Waals surface area contributed by atoms with Crippen molar-refractivity contribution in [3.63, 3.8) is 0 Å². The number of benzene rings is 1. The van der Waals surface area contributed by atoms with Gasteiger partial charge >= 0.3 is 0 Å². The van der Waals surface area contributed by atoms with Gasteiger partial charge in [-0.3, -0.25) is 9.69 Å². The zero-order valence-corrected chi connectivity index (χ0v) is 16.0. The van der Waals surface area contributed by atoms with E-state index < -0.39 is 0 Å². The summed E-state index contributed by atoms with van der Waals surface area (Å²) >= 11 is 0. The average molecular weight is 373 g/mol. The summed E-state index contributed by atoms with van der Waals surface area (Å²) < 4.78 is 15.6. The highest BCUT2D eigenvalue weighted by molar-refractivity contribution is 5.91. The summed E-state index contributed by atoms with van der Waals surface area (Å²) in [4.78, 5) is 14.7. The summed E-state index contributed by atoms with van der Waals surface area (Å²) in [5, 5.41) is 10.4. The molecule has 2 heterocycles. The number of carbonyl (C=O) groups excluding carboxylic acids is 1. The van der Waals surface area contributed by atoms with Gasteiger partial charge in [0.05, 0.1) is 12.2 Å². The molecular weight excluding hydrogens is 345 g/mol. The number of carbonyl (C=O) groups is 1. The number of nitrogens with one attached hydrogen (secondary N) is 2. The van der Waals surface area contributed by atoms with Gasteiger partial charge in [0.15, 0.2) is 0 Å². The van der Waals surface area contributed by atoms with E-state index in [1.54, 1.807) is 24.3 Å². The second-order valence-electron chi connectivity index (χ2n) is 7.19. The van der Waals surface area contributed by atoms with Gasteiger partial charge in [0.2, 0.25) is 5.91 Å². The van der Waals surface area contributed by atoms with E-state index in [4.69, 9.17) is 0 Å². The van der Waals surface area contributed by atoms with Crippen molar-refractivity contribution < 1.29 is 9.18 Å². The van der Waals surface area contributed by atoms with Crippen molar-refractivity contribution in [1.82, 2.24) is 20.0 Å². The first-order chi connectivity index (χ1) is 13.1. The highest BCUT2D eigenvalue weighted by atomic mass is 19.1. The number of piperidine rings is 1. The fourth-order valence-corrected chi connectivity index (χ4v) is 3.56. The maximum absolute atomic E-state index is 14.1. The molecule has 0 aliphatic carbocycles. The molecule has 1 aliphatic rings. The van der Waals surface area contributed by atoms with Gasteiger partial charge in [0.1, 0.15) is 17.3 Å². The molecule has 7 heteroatoms. The molecule has 0 bridgehead atoms. The number of hydrogen-bond acceptors (Lipinski definition) is 4. The van der Waals surface area contributed by atoms with Crippen LogP contribution in [0.15, 0.2) is 30.3 Å². The lowest BCUT2D eigenvalue weighted by Crippen LogP contribution is -2.39. The Morgan fingerprint density at radius 1 is 1.30 bits per heavy atom. The standard InChI is InChI=1S/C20H28FN5O/c1-15-13-19(26(24-15)18-6-4-3-5-17(18)21)23-20(27)14-25-11-8-16(9-12-25)7-10-22-2/h3-6,13,16,22H,7-12,14H2,1-2H3,(H,23,27). The fourth-order valence-electron chi connectivity index (χ4n) is 3.56. The zero-order valence-electron chi connectivity index (χ0n) is 16.0. The fraction of sp³-hybridized carbons (Fsp3) is 0.500. The first-order valence-electron chi connectivity index (χ1n) is 9.55. The monoisotopic (exact) mass is 373 g/mol. The number of anilines is 1. The largest absolute Gasteiger partial charge is 0.320 e. The Morgan fingerprint density at radius 3 is 2.74 bits per heavy atom. The van der Waals surface area contributed by atoms with E-state index in [0.717, 1.165) is 44.1 Å². The summed E-state index contributed by atoms with van der Waals surface area (Å²) in [7, 11) is 1.98. The SMILES string of the molecule is CNCCC1CCN(CC(=O)Nc2cc(C)nn2-c2ccccc2F)CC1. The number of nitrogens with zero attached hydrogens (tertiary/aromatic N) is 3. The molecule has 27 heavy (non-hydrogen) atoms. The maximum atomic E-state index is 14.1. The molecule has 0 spiro atoms. The maximum Gasteiger partial charge on any atom is 0.239 e. The number of aromatic nitrogens is 2. The van der Waals surface area contributed by atoms with Crippen LogP contribution in [-0.2, 0) is 4.79 Å². The van der Waals surface area contributed by atoms with E-state index in [2.05, 4.69) is 20.6 Å². The van der Waals surface area contributed by atoms with Crippen LogP contribution in [0.4, 0.5) is 10.2 Å². The van der Waals surface area contributed by atoms with Gasteiger partial charge in [-0.2, -0.15) is 5.10 Å². The highest BCUT2D eigenvalue weighted by Crippen LogP contribution is 2.21. The van der Waals surface area contributed by atoms with Crippen LogP contribution in [0.3, 0.4) is 0 Å². The van der Waals surface area contributed by atoms with E-state index in [1.165, 1.54) is 17.2 Å². The van der Waals surface area contributed by atoms with Crippen LogP contribution in [0.25, 0.3) is 5.69 Å². The summed E-state index contributed by atoms with van der Waals surface area (Å²) in [6.45, 7) is 5.09. The first-order valence-corrected chi connectivity index (χ1v) is 9.55. The zero-order chi connectivity index (χ0) is 19.2. The molecule has 1 aromatic carbocycles. The lowest BCUT2D eigenvalue weighted by atomic mass is 9.93. The van der Waals surface area contributed by atoms with Crippen LogP contribution in [0.5, 0.6) is 0 Å². The molecule has 2 N–H and O–H groups in total. The highest BCUT2D eigenvalue weighted by Gasteiger charge is 2.21. The third-order valence-corrected chi connectivity index (χ3v) is 5.06. The van der Waals surface area contributed by atoms with Crippen LogP contribution < -0.4 is 10.6 Å². The van der Waals surface area contributed by atoms with Crippen molar-refractivity contribution in [3.05, 3.63) is 41.8 Å². The third-order valence-electron chi connectivity index (χ3n) is 5.06. The normalized spacial score (nSPS) is 15.8. The molecule has 1 amide bonds. The van der Waals surface area contributed by atoms with Gasteiger partial charge in [-0.25, -0.2) is 9.07 Å².